The maximum atomic E-state index is 12.2. The molecule has 2 N–H and O–H groups in total. The minimum Gasteiger partial charge on any atom is -0.481 e. The molecule has 2 rings (SSSR count). The Morgan fingerprint density at radius 1 is 1.53 bits per heavy atom. The molecule has 1 unspecified atom stereocenters. The molecule has 6 nitrogen and oxygen atoms in total. The molecule has 1 aromatic rings. The quantitative estimate of drug-likeness (QED) is 0.819. The molecule has 7 heteroatoms. The second kappa shape index (κ2) is 5.83. The molecule has 0 aromatic carbocycles. The number of hydrogen-bond donors (Lipinski definition) is 2. The molecule has 0 radical (unpaired) electrons. The van der Waals surface area contributed by atoms with E-state index in [0.29, 0.717) is 13.1 Å². The Morgan fingerprint density at radius 3 is 2.95 bits per heavy atom. The fourth-order valence-corrected chi connectivity index (χ4v) is 2.72. The van der Waals surface area contributed by atoms with Gasteiger partial charge in [0, 0.05) is 13.1 Å². The molecule has 0 saturated carbocycles. The fourth-order valence-electron chi connectivity index (χ4n) is 2.05. The number of carboxylic acid groups (broad SMARTS) is 1. The lowest BCUT2D eigenvalue weighted by Gasteiger charge is -2.34. The van der Waals surface area contributed by atoms with Crippen molar-refractivity contribution in [1.82, 2.24) is 10.2 Å². The van der Waals surface area contributed by atoms with E-state index in [1.165, 1.54) is 16.2 Å². The normalized spacial score (nSPS) is 19.1. The van der Waals surface area contributed by atoms with Crippen LogP contribution in [-0.2, 0) is 20.8 Å². The van der Waals surface area contributed by atoms with Crippen molar-refractivity contribution in [2.75, 3.05) is 13.1 Å². The highest BCUT2D eigenvalue weighted by Crippen LogP contribution is 2.13. The van der Waals surface area contributed by atoms with Crippen molar-refractivity contribution in [3.8, 4) is 0 Å². The molecule has 0 spiro atoms. The zero-order chi connectivity index (χ0) is 13.8. The average Bonchev–Trinajstić information content (AvgIpc) is 2.84. The maximum absolute atomic E-state index is 12.2. The Kier molecular flexibility index (Phi) is 4.16. The molecule has 0 aliphatic carbocycles. The number of amides is 2. The summed E-state index contributed by atoms with van der Waals surface area (Å²) in [6.45, 7) is 0.719. The fraction of sp³-hybridized carbons (Fsp3) is 0.417. The van der Waals surface area contributed by atoms with Gasteiger partial charge in [-0.15, -0.1) is 0 Å². The number of carboxylic acids is 1. The van der Waals surface area contributed by atoms with Crippen LogP contribution in [0.2, 0.25) is 0 Å². The van der Waals surface area contributed by atoms with Crippen LogP contribution in [0.15, 0.2) is 16.8 Å². The monoisotopic (exact) mass is 282 g/mol. The standard InChI is InChI=1S/C12H14N2O4S/c15-10(5-8-1-4-19-7-8)14-3-2-13-12(18)9(14)6-11(16)17/h1,4,7,9H,2-3,5-6H2,(H,13,18)(H,16,17). The summed E-state index contributed by atoms with van der Waals surface area (Å²) in [7, 11) is 0. The number of thiophene rings is 1. The molecule has 1 aliphatic rings. The van der Waals surface area contributed by atoms with Crippen LogP contribution in [0, 0.1) is 0 Å². The van der Waals surface area contributed by atoms with Crippen LogP contribution in [0.1, 0.15) is 12.0 Å². The van der Waals surface area contributed by atoms with Crippen molar-refractivity contribution >= 4 is 29.1 Å². The maximum Gasteiger partial charge on any atom is 0.305 e. The van der Waals surface area contributed by atoms with Gasteiger partial charge in [-0.2, -0.15) is 11.3 Å². The number of carbonyl (C=O) groups excluding carboxylic acids is 2. The summed E-state index contributed by atoms with van der Waals surface area (Å²) in [6, 6.07) is 0.941. The first kappa shape index (κ1) is 13.5. The molecule has 102 valence electrons. The van der Waals surface area contributed by atoms with Gasteiger partial charge in [-0.3, -0.25) is 14.4 Å². The smallest absolute Gasteiger partial charge is 0.305 e. The summed E-state index contributed by atoms with van der Waals surface area (Å²) >= 11 is 1.50. The van der Waals surface area contributed by atoms with Gasteiger partial charge in [-0.1, -0.05) is 0 Å². The number of hydrogen-bond acceptors (Lipinski definition) is 4. The van der Waals surface area contributed by atoms with Crippen LogP contribution in [0.3, 0.4) is 0 Å². The highest BCUT2D eigenvalue weighted by molar-refractivity contribution is 7.07. The molecule has 19 heavy (non-hydrogen) atoms. The molecular weight excluding hydrogens is 268 g/mol. The van der Waals surface area contributed by atoms with E-state index in [-0.39, 0.29) is 18.7 Å². The van der Waals surface area contributed by atoms with Gasteiger partial charge in [0.25, 0.3) is 0 Å². The van der Waals surface area contributed by atoms with Crippen molar-refractivity contribution in [2.24, 2.45) is 0 Å². The molecule has 0 bridgehead atoms. The van der Waals surface area contributed by atoms with E-state index in [9.17, 15) is 14.4 Å². The number of nitrogens with zero attached hydrogens (tertiary/aromatic N) is 1. The van der Waals surface area contributed by atoms with Gasteiger partial charge >= 0.3 is 5.97 Å². The molecule has 1 atom stereocenters. The zero-order valence-corrected chi connectivity index (χ0v) is 11.0. The van der Waals surface area contributed by atoms with E-state index >= 15 is 0 Å². The van der Waals surface area contributed by atoms with Crippen LogP contribution < -0.4 is 5.32 Å². The largest absolute Gasteiger partial charge is 0.481 e. The minimum atomic E-state index is -1.09. The van der Waals surface area contributed by atoms with Crippen molar-refractivity contribution in [3.05, 3.63) is 22.4 Å². The Morgan fingerprint density at radius 2 is 2.32 bits per heavy atom. The molecule has 1 saturated heterocycles. The lowest BCUT2D eigenvalue weighted by atomic mass is 10.1. The summed E-state index contributed by atoms with van der Waals surface area (Å²) in [5.74, 6) is -1.69. The lowest BCUT2D eigenvalue weighted by Crippen LogP contribution is -2.58. The Labute approximate surface area is 114 Å². The highest BCUT2D eigenvalue weighted by atomic mass is 32.1. The molecule has 2 amide bonds. The molecule has 2 heterocycles. The Balaban J connectivity index is 2.08. The molecular formula is C12H14N2O4S. The minimum absolute atomic E-state index is 0.201. The zero-order valence-electron chi connectivity index (χ0n) is 10.2. The summed E-state index contributed by atoms with van der Waals surface area (Å²) in [6.07, 6.45) is -0.159. The SMILES string of the molecule is O=C(O)CC1C(=O)NCCN1C(=O)Cc1ccsc1. The van der Waals surface area contributed by atoms with E-state index in [1.807, 2.05) is 16.8 Å². The van der Waals surface area contributed by atoms with Crippen LogP contribution in [0.5, 0.6) is 0 Å². The molecule has 1 fully saturated rings. The van der Waals surface area contributed by atoms with Gasteiger partial charge in [-0.05, 0) is 22.4 Å². The van der Waals surface area contributed by atoms with Crippen molar-refractivity contribution in [2.45, 2.75) is 18.9 Å². The van der Waals surface area contributed by atoms with Gasteiger partial charge in [0.15, 0.2) is 0 Å². The van der Waals surface area contributed by atoms with Crippen LogP contribution >= 0.6 is 11.3 Å². The summed E-state index contributed by atoms with van der Waals surface area (Å²) in [5.41, 5.74) is 0.884. The average molecular weight is 282 g/mol. The number of rotatable bonds is 4. The van der Waals surface area contributed by atoms with Gasteiger partial charge < -0.3 is 15.3 Å². The number of nitrogens with one attached hydrogen (secondary N) is 1. The van der Waals surface area contributed by atoms with Crippen molar-refractivity contribution < 1.29 is 19.5 Å². The first-order valence-corrected chi connectivity index (χ1v) is 6.82. The van der Waals surface area contributed by atoms with Crippen molar-refractivity contribution in [3.63, 3.8) is 0 Å². The summed E-state index contributed by atoms with van der Waals surface area (Å²) in [5, 5.41) is 15.2. The third-order valence-electron chi connectivity index (χ3n) is 2.95. The molecule has 1 aliphatic heterocycles. The summed E-state index contributed by atoms with van der Waals surface area (Å²) in [4.78, 5) is 36.0. The predicted octanol–water partition coefficient (Wildman–Crippen LogP) is 0.0923. The van der Waals surface area contributed by atoms with Crippen molar-refractivity contribution in [1.29, 1.82) is 0 Å². The number of aliphatic carboxylic acids is 1. The third kappa shape index (κ3) is 3.31. The van der Waals surface area contributed by atoms with Gasteiger partial charge in [-0.25, -0.2) is 0 Å². The van der Waals surface area contributed by atoms with Gasteiger partial charge in [0.1, 0.15) is 6.04 Å². The first-order valence-electron chi connectivity index (χ1n) is 5.88. The second-order valence-electron chi connectivity index (χ2n) is 4.30. The van der Waals surface area contributed by atoms with Crippen LogP contribution in [-0.4, -0.2) is 46.9 Å². The Bertz CT molecular complexity index is 486. The number of piperazine rings is 1. The van der Waals surface area contributed by atoms with Gasteiger partial charge in [0.05, 0.1) is 12.8 Å². The first-order chi connectivity index (χ1) is 9.08. The van der Waals surface area contributed by atoms with Crippen LogP contribution in [0.4, 0.5) is 0 Å². The van der Waals surface area contributed by atoms with E-state index in [1.54, 1.807) is 0 Å². The topological polar surface area (TPSA) is 86.7 Å². The molecule has 1 aromatic heterocycles. The van der Waals surface area contributed by atoms with E-state index in [0.717, 1.165) is 5.56 Å². The predicted molar refractivity (Wildman–Crippen MR) is 68.8 cm³/mol. The van der Waals surface area contributed by atoms with E-state index in [2.05, 4.69) is 5.32 Å². The van der Waals surface area contributed by atoms with E-state index in [4.69, 9.17) is 5.11 Å². The van der Waals surface area contributed by atoms with Crippen LogP contribution in [0.25, 0.3) is 0 Å². The highest BCUT2D eigenvalue weighted by Gasteiger charge is 2.34. The lowest BCUT2D eigenvalue weighted by molar-refractivity contribution is -0.148. The number of carbonyl (C=O) groups is 3. The Hall–Kier alpha value is -1.89. The second-order valence-corrected chi connectivity index (χ2v) is 5.08. The van der Waals surface area contributed by atoms with Gasteiger partial charge in [0.2, 0.25) is 11.8 Å². The third-order valence-corrected chi connectivity index (χ3v) is 3.69. The summed E-state index contributed by atoms with van der Waals surface area (Å²) < 4.78 is 0. The van der Waals surface area contributed by atoms with E-state index < -0.39 is 17.9 Å².